The Morgan fingerprint density at radius 3 is 2.78 bits per heavy atom. The Kier molecular flexibility index (Phi) is 3.43. The van der Waals surface area contributed by atoms with E-state index in [2.05, 4.69) is 24.1 Å². The standard InChI is InChI=1S/C12H20N4O2/c1-9-6-5-7-12(2,10(9)8-18-4)16-11(17)15(3)13-14-16/h5-7,10,13-14H,8H2,1-4H3. The lowest BCUT2D eigenvalue weighted by Gasteiger charge is -2.42. The van der Waals surface area contributed by atoms with Crippen LogP contribution in [0.1, 0.15) is 13.8 Å². The third kappa shape index (κ3) is 1.92. The van der Waals surface area contributed by atoms with E-state index in [4.69, 9.17) is 4.74 Å². The van der Waals surface area contributed by atoms with Crippen LogP contribution < -0.4 is 11.1 Å². The molecule has 100 valence electrons. The average Bonchev–Trinajstić information content (AvgIpc) is 2.66. The molecule has 18 heavy (non-hydrogen) atoms. The largest absolute Gasteiger partial charge is 0.384 e. The normalized spacial score (nSPS) is 32.1. The predicted octanol–water partition coefficient (Wildman–Crippen LogP) is 0.815. The third-order valence-electron chi connectivity index (χ3n) is 3.67. The summed E-state index contributed by atoms with van der Waals surface area (Å²) in [5.41, 5.74) is 6.43. The highest BCUT2D eigenvalue weighted by atomic mass is 16.5. The monoisotopic (exact) mass is 252 g/mol. The maximum atomic E-state index is 12.1. The fourth-order valence-electron chi connectivity index (χ4n) is 2.48. The molecule has 2 rings (SSSR count). The SMILES string of the molecule is COCC1C(C)=CC=CC1(C)N1NNN(C)C1=O. The molecule has 2 atom stereocenters. The highest BCUT2D eigenvalue weighted by Gasteiger charge is 2.46. The topological polar surface area (TPSA) is 56.8 Å². The lowest BCUT2D eigenvalue weighted by Crippen LogP contribution is -2.58. The number of hydrogen-bond donors (Lipinski definition) is 2. The number of amides is 2. The Morgan fingerprint density at radius 2 is 2.22 bits per heavy atom. The predicted molar refractivity (Wildman–Crippen MR) is 67.9 cm³/mol. The van der Waals surface area contributed by atoms with Crippen molar-refractivity contribution in [3.8, 4) is 0 Å². The first-order chi connectivity index (χ1) is 8.50. The zero-order valence-corrected chi connectivity index (χ0v) is 11.2. The van der Waals surface area contributed by atoms with Crippen molar-refractivity contribution in [3.63, 3.8) is 0 Å². The molecule has 0 spiro atoms. The van der Waals surface area contributed by atoms with Gasteiger partial charge in [0.05, 0.1) is 12.1 Å². The molecule has 6 heteroatoms. The van der Waals surface area contributed by atoms with Crippen molar-refractivity contribution in [3.05, 3.63) is 23.8 Å². The fraction of sp³-hybridized carbons (Fsp3) is 0.583. The first-order valence-electron chi connectivity index (χ1n) is 5.95. The van der Waals surface area contributed by atoms with E-state index in [0.717, 1.165) is 0 Å². The Bertz CT molecular complexity index is 401. The van der Waals surface area contributed by atoms with Crippen molar-refractivity contribution in [1.29, 1.82) is 0 Å². The molecule has 0 aromatic rings. The molecule has 1 heterocycles. The molecule has 0 saturated carbocycles. The Morgan fingerprint density at radius 1 is 1.50 bits per heavy atom. The van der Waals surface area contributed by atoms with E-state index >= 15 is 0 Å². The van der Waals surface area contributed by atoms with E-state index in [1.165, 1.54) is 10.6 Å². The van der Waals surface area contributed by atoms with Gasteiger partial charge in [0.2, 0.25) is 0 Å². The number of allylic oxidation sites excluding steroid dienone is 2. The van der Waals surface area contributed by atoms with Gasteiger partial charge < -0.3 is 4.74 Å². The molecule has 0 aromatic carbocycles. The van der Waals surface area contributed by atoms with Gasteiger partial charge >= 0.3 is 6.03 Å². The van der Waals surface area contributed by atoms with E-state index in [0.29, 0.717) is 6.61 Å². The molecule has 1 aliphatic carbocycles. The van der Waals surface area contributed by atoms with E-state index in [9.17, 15) is 4.79 Å². The number of hydrazine groups is 3. The summed E-state index contributed by atoms with van der Waals surface area (Å²) < 4.78 is 5.29. The Balaban J connectivity index is 2.30. The zero-order valence-electron chi connectivity index (χ0n) is 11.2. The second-order valence-corrected chi connectivity index (χ2v) is 4.90. The van der Waals surface area contributed by atoms with E-state index in [-0.39, 0.29) is 11.9 Å². The van der Waals surface area contributed by atoms with E-state index < -0.39 is 5.54 Å². The minimum atomic E-state index is -0.455. The van der Waals surface area contributed by atoms with Crippen LogP contribution in [-0.2, 0) is 4.74 Å². The summed E-state index contributed by atoms with van der Waals surface area (Å²) in [6, 6.07) is -0.113. The van der Waals surface area contributed by atoms with Crippen molar-refractivity contribution in [2.24, 2.45) is 5.92 Å². The first-order valence-corrected chi connectivity index (χ1v) is 5.95. The van der Waals surface area contributed by atoms with Crippen molar-refractivity contribution >= 4 is 6.03 Å². The molecule has 6 nitrogen and oxygen atoms in total. The quantitative estimate of drug-likeness (QED) is 0.780. The van der Waals surface area contributed by atoms with Crippen LogP contribution in [0.4, 0.5) is 4.79 Å². The number of nitrogens with one attached hydrogen (secondary N) is 2. The maximum Gasteiger partial charge on any atom is 0.351 e. The summed E-state index contributed by atoms with van der Waals surface area (Å²) in [6.07, 6.45) is 6.06. The molecule has 1 saturated heterocycles. The second kappa shape index (κ2) is 4.72. The number of methoxy groups -OCH3 is 1. The molecule has 2 aliphatic rings. The third-order valence-corrected chi connectivity index (χ3v) is 3.67. The van der Waals surface area contributed by atoms with Gasteiger partial charge in [-0.1, -0.05) is 23.8 Å². The number of hydrogen-bond acceptors (Lipinski definition) is 4. The molecule has 0 radical (unpaired) electrons. The average molecular weight is 252 g/mol. The summed E-state index contributed by atoms with van der Waals surface area (Å²) in [4.78, 5) is 12.1. The van der Waals surface area contributed by atoms with Crippen LogP contribution in [0.15, 0.2) is 23.8 Å². The van der Waals surface area contributed by atoms with Crippen LogP contribution >= 0.6 is 0 Å². The second-order valence-electron chi connectivity index (χ2n) is 4.90. The van der Waals surface area contributed by atoms with Gasteiger partial charge in [0.15, 0.2) is 0 Å². The van der Waals surface area contributed by atoms with Gasteiger partial charge in [-0.15, -0.1) is 11.1 Å². The van der Waals surface area contributed by atoms with Crippen LogP contribution in [0.25, 0.3) is 0 Å². The molecule has 1 fully saturated rings. The molecule has 0 aromatic heterocycles. The van der Waals surface area contributed by atoms with Crippen molar-refractivity contribution in [1.82, 2.24) is 21.1 Å². The smallest absolute Gasteiger partial charge is 0.351 e. The minimum absolute atomic E-state index is 0.113. The first kappa shape index (κ1) is 13.1. The lowest BCUT2D eigenvalue weighted by molar-refractivity contribution is 0.0541. The van der Waals surface area contributed by atoms with Crippen LogP contribution in [0.5, 0.6) is 0 Å². The summed E-state index contributed by atoms with van der Waals surface area (Å²) in [5, 5.41) is 3.01. The Hall–Kier alpha value is -1.37. The zero-order chi connectivity index (χ0) is 13.3. The molecule has 2 amide bonds. The number of rotatable bonds is 3. The van der Waals surface area contributed by atoms with Crippen LogP contribution in [0, 0.1) is 5.92 Å². The maximum absolute atomic E-state index is 12.1. The van der Waals surface area contributed by atoms with Crippen molar-refractivity contribution < 1.29 is 9.53 Å². The summed E-state index contributed by atoms with van der Waals surface area (Å²) in [5.74, 6) is 0.122. The number of carbonyl (C=O) groups excluding carboxylic acids is 1. The summed E-state index contributed by atoms with van der Waals surface area (Å²) in [6.45, 7) is 4.65. The van der Waals surface area contributed by atoms with Crippen molar-refractivity contribution in [2.75, 3.05) is 20.8 Å². The Labute approximate surface area is 107 Å². The van der Waals surface area contributed by atoms with Crippen LogP contribution in [-0.4, -0.2) is 42.4 Å². The highest BCUT2D eigenvalue weighted by Crippen LogP contribution is 2.35. The van der Waals surface area contributed by atoms with Gasteiger partial charge in [0.25, 0.3) is 0 Å². The van der Waals surface area contributed by atoms with Crippen molar-refractivity contribution in [2.45, 2.75) is 19.4 Å². The summed E-state index contributed by atoms with van der Waals surface area (Å²) >= 11 is 0. The van der Waals surface area contributed by atoms with Gasteiger partial charge in [0.1, 0.15) is 0 Å². The number of ether oxygens (including phenoxy) is 1. The van der Waals surface area contributed by atoms with Gasteiger partial charge in [-0.05, 0) is 13.8 Å². The lowest BCUT2D eigenvalue weighted by atomic mass is 9.77. The number of nitrogens with zero attached hydrogens (tertiary/aromatic N) is 2. The highest BCUT2D eigenvalue weighted by molar-refractivity contribution is 5.76. The number of urea groups is 1. The van der Waals surface area contributed by atoms with Gasteiger partial charge in [-0.25, -0.2) is 14.8 Å². The van der Waals surface area contributed by atoms with E-state index in [1.807, 2.05) is 19.1 Å². The molecule has 2 N–H and O–H groups in total. The van der Waals surface area contributed by atoms with Gasteiger partial charge in [-0.3, -0.25) is 0 Å². The van der Waals surface area contributed by atoms with E-state index in [1.54, 1.807) is 19.2 Å². The molecular formula is C12H20N4O2. The van der Waals surface area contributed by atoms with Gasteiger partial charge in [0, 0.05) is 20.1 Å². The van der Waals surface area contributed by atoms with Crippen LogP contribution in [0.2, 0.25) is 0 Å². The molecule has 0 bridgehead atoms. The summed E-state index contributed by atoms with van der Waals surface area (Å²) in [7, 11) is 3.36. The fourth-order valence-corrected chi connectivity index (χ4v) is 2.48. The minimum Gasteiger partial charge on any atom is -0.384 e. The van der Waals surface area contributed by atoms with Gasteiger partial charge in [-0.2, -0.15) is 0 Å². The molecule has 2 unspecified atom stereocenters. The molecular weight excluding hydrogens is 232 g/mol. The molecule has 1 aliphatic heterocycles. The van der Waals surface area contributed by atoms with Crippen LogP contribution in [0.3, 0.4) is 0 Å². The number of carbonyl (C=O) groups is 1.